The van der Waals surface area contributed by atoms with Crippen LogP contribution in [0.25, 0.3) is 0 Å². The molecular weight excluding hydrogens is 77.8 g/mol. The van der Waals surface area contributed by atoms with E-state index in [0.717, 1.165) is 0 Å². The van der Waals surface area contributed by atoms with Crippen LogP contribution in [-0.4, -0.2) is 49.5 Å². The van der Waals surface area contributed by atoms with Crippen molar-refractivity contribution in [3.63, 3.8) is 0 Å². The van der Waals surface area contributed by atoms with Gasteiger partial charge < -0.3 is 5.11 Å². The van der Waals surface area contributed by atoms with Crippen molar-refractivity contribution in [2.45, 2.75) is 0 Å². The molecular formula is CH6BNaO2. The van der Waals surface area contributed by atoms with Crippen molar-refractivity contribution < 1.29 is 9.90 Å². The van der Waals surface area contributed by atoms with Gasteiger partial charge in [-0.25, -0.2) is 0 Å². The first kappa shape index (κ1) is 17.7. The van der Waals surface area contributed by atoms with Crippen molar-refractivity contribution in [2.24, 2.45) is 0 Å². The zero-order valence-corrected chi connectivity index (χ0v) is 1.43. The van der Waals surface area contributed by atoms with E-state index in [2.05, 4.69) is 0 Å². The summed E-state index contributed by atoms with van der Waals surface area (Å²) in [5, 5.41) is 6.89. The Balaban J connectivity index is -0.0000000200. The van der Waals surface area contributed by atoms with Gasteiger partial charge in [-0.05, 0) is 0 Å². The average Bonchev–Trinajstić information content (AvgIpc) is 0.918. The quantitative estimate of drug-likeness (QED) is 0.269. The Bertz CT molecular complexity index is 17.1. The van der Waals surface area contributed by atoms with Crippen LogP contribution in [0.4, 0.5) is 0 Å². The van der Waals surface area contributed by atoms with Gasteiger partial charge in [0.05, 0.1) is 8.41 Å². The molecule has 0 fully saturated rings. The molecule has 0 aromatic heterocycles. The van der Waals surface area contributed by atoms with E-state index in [-0.39, 0.29) is 44.4 Å². The first-order chi connectivity index (χ1) is 1.41. The van der Waals surface area contributed by atoms with E-state index in [9.17, 15) is 0 Å². The second-order valence-corrected chi connectivity index (χ2v) is 0.105. The molecule has 0 bridgehead atoms. The molecule has 0 saturated heterocycles. The Morgan fingerprint density at radius 2 is 1.60 bits per heavy atom. The summed E-state index contributed by atoms with van der Waals surface area (Å²) >= 11 is 0. The van der Waals surface area contributed by atoms with E-state index in [1.807, 2.05) is 0 Å². The SMILES string of the molecule is B.O=CO.[NaH]. The normalized spacial score (nSPS) is 2.40. The Kier molecular flexibility index (Phi) is 85.2. The Labute approximate surface area is 54.4 Å². The number of hydrogen-bond acceptors (Lipinski definition) is 1. The van der Waals surface area contributed by atoms with E-state index in [1.165, 1.54) is 0 Å². The van der Waals surface area contributed by atoms with Gasteiger partial charge in [-0.1, -0.05) is 0 Å². The van der Waals surface area contributed by atoms with Crippen LogP contribution in [0.15, 0.2) is 0 Å². The molecule has 0 aliphatic heterocycles. The zero-order valence-electron chi connectivity index (χ0n) is 1.43. The van der Waals surface area contributed by atoms with Crippen LogP contribution < -0.4 is 0 Å². The van der Waals surface area contributed by atoms with Gasteiger partial charge in [0, 0.05) is 0 Å². The first-order valence-electron chi connectivity index (χ1n) is 0.494. The zero-order chi connectivity index (χ0) is 2.71. The third-order valence-corrected chi connectivity index (χ3v) is 0. The molecule has 4 heteroatoms. The van der Waals surface area contributed by atoms with Crippen LogP contribution in [-0.2, 0) is 4.79 Å². The van der Waals surface area contributed by atoms with Gasteiger partial charge in [0.2, 0.25) is 0 Å². The third kappa shape index (κ3) is 102. The molecule has 0 rings (SSSR count). The molecule has 0 amide bonds. The fourth-order valence-electron chi connectivity index (χ4n) is 0. The van der Waals surface area contributed by atoms with Crippen molar-refractivity contribution >= 4 is 44.4 Å². The fourth-order valence-corrected chi connectivity index (χ4v) is 0. The second-order valence-electron chi connectivity index (χ2n) is 0.105. The molecule has 5 heavy (non-hydrogen) atoms. The van der Waals surface area contributed by atoms with Crippen molar-refractivity contribution in [3.8, 4) is 0 Å². The summed E-state index contributed by atoms with van der Waals surface area (Å²) in [5.74, 6) is 0. The van der Waals surface area contributed by atoms with Gasteiger partial charge in [0.25, 0.3) is 6.47 Å². The number of carbonyl (C=O) groups is 1. The van der Waals surface area contributed by atoms with Crippen molar-refractivity contribution in [1.82, 2.24) is 0 Å². The van der Waals surface area contributed by atoms with Crippen LogP contribution in [0.3, 0.4) is 0 Å². The number of hydrogen-bond donors (Lipinski definition) is 1. The average molecular weight is 83.9 g/mol. The molecule has 1 N–H and O–H groups in total. The van der Waals surface area contributed by atoms with E-state index in [0.29, 0.717) is 0 Å². The molecule has 0 aromatic carbocycles. The van der Waals surface area contributed by atoms with Gasteiger partial charge in [-0.15, -0.1) is 0 Å². The summed E-state index contributed by atoms with van der Waals surface area (Å²) in [6, 6.07) is 0. The summed E-state index contributed by atoms with van der Waals surface area (Å²) in [6.45, 7) is -0.250. The molecule has 0 aromatic rings. The minimum atomic E-state index is -0.250. The predicted molar refractivity (Wildman–Crippen MR) is 25.8 cm³/mol. The minimum absolute atomic E-state index is 0. The molecule has 0 spiro atoms. The van der Waals surface area contributed by atoms with E-state index >= 15 is 0 Å². The summed E-state index contributed by atoms with van der Waals surface area (Å²) in [5.41, 5.74) is 0. The maximum absolute atomic E-state index is 8.36. The van der Waals surface area contributed by atoms with Gasteiger partial charge in [-0.3, -0.25) is 4.79 Å². The van der Waals surface area contributed by atoms with Crippen LogP contribution in [0.5, 0.6) is 0 Å². The molecule has 2 nitrogen and oxygen atoms in total. The summed E-state index contributed by atoms with van der Waals surface area (Å²) in [6.07, 6.45) is 0. The molecule has 0 aliphatic carbocycles. The van der Waals surface area contributed by atoms with Crippen molar-refractivity contribution in [3.05, 3.63) is 0 Å². The molecule has 0 unspecified atom stereocenters. The molecule has 0 heterocycles. The van der Waals surface area contributed by atoms with Gasteiger partial charge >= 0.3 is 29.6 Å². The molecule has 0 radical (unpaired) electrons. The molecule has 26 valence electrons. The van der Waals surface area contributed by atoms with Crippen LogP contribution >= 0.6 is 0 Å². The van der Waals surface area contributed by atoms with Crippen molar-refractivity contribution in [1.29, 1.82) is 0 Å². The first-order valence-corrected chi connectivity index (χ1v) is 0.494. The van der Waals surface area contributed by atoms with E-state index in [4.69, 9.17) is 9.90 Å². The van der Waals surface area contributed by atoms with Gasteiger partial charge in [-0.2, -0.15) is 0 Å². The molecule has 0 saturated carbocycles. The predicted octanol–water partition coefficient (Wildman–Crippen LogP) is -2.13. The second kappa shape index (κ2) is 24.1. The van der Waals surface area contributed by atoms with E-state index < -0.39 is 0 Å². The van der Waals surface area contributed by atoms with Crippen molar-refractivity contribution in [2.75, 3.05) is 0 Å². The van der Waals surface area contributed by atoms with Gasteiger partial charge in [0.1, 0.15) is 0 Å². The summed E-state index contributed by atoms with van der Waals surface area (Å²) in [7, 11) is 0. The Morgan fingerprint density at radius 3 is 1.60 bits per heavy atom. The van der Waals surface area contributed by atoms with Gasteiger partial charge in [0.15, 0.2) is 0 Å². The van der Waals surface area contributed by atoms with E-state index in [1.54, 1.807) is 0 Å². The number of carboxylic acid groups (broad SMARTS) is 1. The number of rotatable bonds is 0. The molecule has 0 aliphatic rings. The Morgan fingerprint density at radius 1 is 1.60 bits per heavy atom. The monoisotopic (exact) mass is 84.0 g/mol. The maximum atomic E-state index is 8.36. The molecule has 0 atom stereocenters. The summed E-state index contributed by atoms with van der Waals surface area (Å²) < 4.78 is 0. The third-order valence-electron chi connectivity index (χ3n) is 0. The standard InChI is InChI=1S/CH2O2.BH3.Na.H/c2-1-3;;;/h1H,(H,2,3);1H3;;. The summed E-state index contributed by atoms with van der Waals surface area (Å²) in [4.78, 5) is 8.36. The van der Waals surface area contributed by atoms with Crippen LogP contribution in [0, 0.1) is 0 Å². The van der Waals surface area contributed by atoms with Crippen LogP contribution in [0.2, 0.25) is 0 Å². The Hall–Kier alpha value is 0.535. The fraction of sp³-hybridized carbons (Fsp3) is 0. The van der Waals surface area contributed by atoms with Crippen LogP contribution in [0.1, 0.15) is 0 Å². The topological polar surface area (TPSA) is 37.3 Å².